The van der Waals surface area contributed by atoms with Crippen molar-refractivity contribution >= 4 is 35.0 Å². The van der Waals surface area contributed by atoms with E-state index in [0.717, 1.165) is 5.75 Å². The van der Waals surface area contributed by atoms with Gasteiger partial charge in [0.25, 0.3) is 5.91 Å². The Balaban J connectivity index is 2.85. The molecular formula is C12H17ClN2OS. The third kappa shape index (κ3) is 3.54. The first-order valence-electron chi connectivity index (χ1n) is 5.28. The number of carbonyl (C=O) groups excluding carboxylic acids is 1. The Hall–Kier alpha value is -0.870. The van der Waals surface area contributed by atoms with Gasteiger partial charge in [-0.15, -0.1) is 0 Å². The van der Waals surface area contributed by atoms with E-state index in [9.17, 15) is 4.79 Å². The van der Waals surface area contributed by atoms with Crippen molar-refractivity contribution in [1.29, 1.82) is 0 Å². The second-order valence-electron chi connectivity index (χ2n) is 3.96. The normalized spacial score (nSPS) is 12.2. The molecule has 0 heterocycles. The van der Waals surface area contributed by atoms with Gasteiger partial charge in [-0.2, -0.15) is 11.8 Å². The number of carbonyl (C=O) groups is 1. The summed E-state index contributed by atoms with van der Waals surface area (Å²) in [6.45, 7) is 2.02. The van der Waals surface area contributed by atoms with Crippen LogP contribution in [0.4, 0.5) is 5.69 Å². The van der Waals surface area contributed by atoms with Crippen LogP contribution in [0.25, 0.3) is 0 Å². The number of benzene rings is 1. The van der Waals surface area contributed by atoms with Gasteiger partial charge in [-0.3, -0.25) is 4.79 Å². The number of anilines is 1. The van der Waals surface area contributed by atoms with Crippen molar-refractivity contribution in [3.05, 3.63) is 28.8 Å². The smallest absolute Gasteiger partial charge is 0.253 e. The minimum Gasteiger partial charge on any atom is -0.398 e. The summed E-state index contributed by atoms with van der Waals surface area (Å²) in [5, 5.41) is 0.473. The predicted octanol–water partition coefficient (Wildman–Crippen LogP) is 2.75. The predicted molar refractivity (Wildman–Crippen MR) is 75.8 cm³/mol. The number of halogens is 1. The Morgan fingerprint density at radius 1 is 1.59 bits per heavy atom. The van der Waals surface area contributed by atoms with Crippen molar-refractivity contribution in [1.82, 2.24) is 4.90 Å². The molecule has 0 radical (unpaired) electrons. The average Bonchev–Trinajstić information content (AvgIpc) is 2.31. The summed E-state index contributed by atoms with van der Waals surface area (Å²) in [5.41, 5.74) is 6.69. The van der Waals surface area contributed by atoms with E-state index >= 15 is 0 Å². The van der Waals surface area contributed by atoms with Gasteiger partial charge in [0, 0.05) is 24.4 Å². The third-order valence-corrected chi connectivity index (χ3v) is 3.79. The maximum absolute atomic E-state index is 12.1. The maximum atomic E-state index is 12.1. The van der Waals surface area contributed by atoms with Crippen molar-refractivity contribution in [2.75, 3.05) is 24.8 Å². The lowest BCUT2D eigenvalue weighted by Crippen LogP contribution is -2.36. The standard InChI is InChI=1S/C12H17ClN2OS/c1-8(7-17-3)15(2)12(16)9-4-5-10(13)11(14)6-9/h4-6,8H,7,14H2,1-3H3. The van der Waals surface area contributed by atoms with E-state index in [0.29, 0.717) is 16.3 Å². The zero-order chi connectivity index (χ0) is 13.0. The lowest BCUT2D eigenvalue weighted by atomic mass is 10.1. The van der Waals surface area contributed by atoms with Crippen LogP contribution in [0.1, 0.15) is 17.3 Å². The van der Waals surface area contributed by atoms with Gasteiger partial charge in [0.2, 0.25) is 0 Å². The average molecular weight is 273 g/mol. The molecule has 5 heteroatoms. The Morgan fingerprint density at radius 2 is 2.24 bits per heavy atom. The fraction of sp³-hybridized carbons (Fsp3) is 0.417. The number of nitrogen functional groups attached to an aromatic ring is 1. The lowest BCUT2D eigenvalue weighted by Gasteiger charge is -2.24. The Kier molecular flexibility index (Phi) is 5.15. The number of rotatable bonds is 4. The zero-order valence-electron chi connectivity index (χ0n) is 10.2. The molecule has 0 bridgehead atoms. The Bertz CT molecular complexity index is 411. The summed E-state index contributed by atoms with van der Waals surface area (Å²) in [6, 6.07) is 5.16. The van der Waals surface area contributed by atoms with Gasteiger partial charge in [0.05, 0.1) is 10.7 Å². The van der Waals surface area contributed by atoms with Crippen molar-refractivity contribution in [2.24, 2.45) is 0 Å². The van der Waals surface area contributed by atoms with Crippen molar-refractivity contribution in [2.45, 2.75) is 13.0 Å². The largest absolute Gasteiger partial charge is 0.398 e. The summed E-state index contributed by atoms with van der Waals surface area (Å²) >= 11 is 7.54. The second-order valence-corrected chi connectivity index (χ2v) is 5.27. The molecule has 0 aliphatic heterocycles. The van der Waals surface area contributed by atoms with Crippen LogP contribution in [0.5, 0.6) is 0 Å². The highest BCUT2D eigenvalue weighted by Gasteiger charge is 2.17. The number of thioether (sulfide) groups is 1. The van der Waals surface area contributed by atoms with Crippen LogP contribution in [0.3, 0.4) is 0 Å². The number of nitrogens with two attached hydrogens (primary N) is 1. The molecule has 94 valence electrons. The van der Waals surface area contributed by atoms with E-state index < -0.39 is 0 Å². The maximum Gasteiger partial charge on any atom is 0.253 e. The molecule has 0 aliphatic rings. The lowest BCUT2D eigenvalue weighted by molar-refractivity contribution is 0.0757. The van der Waals surface area contributed by atoms with Gasteiger partial charge < -0.3 is 10.6 Å². The van der Waals surface area contributed by atoms with E-state index in [-0.39, 0.29) is 11.9 Å². The van der Waals surface area contributed by atoms with Gasteiger partial charge in [-0.1, -0.05) is 11.6 Å². The molecule has 17 heavy (non-hydrogen) atoms. The highest BCUT2D eigenvalue weighted by atomic mass is 35.5. The van der Waals surface area contributed by atoms with E-state index in [4.69, 9.17) is 17.3 Å². The highest BCUT2D eigenvalue weighted by molar-refractivity contribution is 7.98. The zero-order valence-corrected chi connectivity index (χ0v) is 11.8. The Labute approximate surface area is 111 Å². The minimum atomic E-state index is -0.0325. The molecule has 1 rings (SSSR count). The van der Waals surface area contributed by atoms with Crippen LogP contribution in [0.15, 0.2) is 18.2 Å². The quantitative estimate of drug-likeness (QED) is 0.858. The van der Waals surface area contributed by atoms with Crippen molar-refractivity contribution < 1.29 is 4.79 Å². The fourth-order valence-corrected chi connectivity index (χ4v) is 2.26. The number of nitrogens with zero attached hydrogens (tertiary/aromatic N) is 1. The molecule has 1 aromatic carbocycles. The van der Waals surface area contributed by atoms with Crippen molar-refractivity contribution in [3.8, 4) is 0 Å². The van der Waals surface area contributed by atoms with E-state index in [1.807, 2.05) is 13.2 Å². The Morgan fingerprint density at radius 3 is 2.76 bits per heavy atom. The summed E-state index contributed by atoms with van der Waals surface area (Å²) in [4.78, 5) is 13.9. The van der Waals surface area contributed by atoms with Gasteiger partial charge >= 0.3 is 0 Å². The topological polar surface area (TPSA) is 46.3 Å². The summed E-state index contributed by atoms with van der Waals surface area (Å²) in [5.74, 6) is 0.876. The monoisotopic (exact) mass is 272 g/mol. The van der Waals surface area contributed by atoms with E-state index in [1.54, 1.807) is 41.9 Å². The molecule has 3 nitrogen and oxygen atoms in total. The van der Waals surface area contributed by atoms with Crippen LogP contribution in [0.2, 0.25) is 5.02 Å². The first kappa shape index (κ1) is 14.2. The molecule has 0 aliphatic carbocycles. The van der Waals surface area contributed by atoms with Gasteiger partial charge in [0.1, 0.15) is 0 Å². The highest BCUT2D eigenvalue weighted by Crippen LogP contribution is 2.20. The summed E-state index contributed by atoms with van der Waals surface area (Å²) in [7, 11) is 1.80. The molecule has 2 N–H and O–H groups in total. The molecule has 0 saturated heterocycles. The van der Waals surface area contributed by atoms with Crippen LogP contribution in [-0.4, -0.2) is 35.9 Å². The summed E-state index contributed by atoms with van der Waals surface area (Å²) < 4.78 is 0. The van der Waals surface area contributed by atoms with Crippen LogP contribution in [0, 0.1) is 0 Å². The molecule has 1 amide bonds. The molecule has 0 aromatic heterocycles. The molecule has 1 unspecified atom stereocenters. The number of amides is 1. The number of hydrogen-bond donors (Lipinski definition) is 1. The van der Waals surface area contributed by atoms with Crippen LogP contribution >= 0.6 is 23.4 Å². The van der Waals surface area contributed by atoms with E-state index in [2.05, 4.69) is 0 Å². The second kappa shape index (κ2) is 6.17. The number of hydrogen-bond acceptors (Lipinski definition) is 3. The molecule has 0 fully saturated rings. The molecular weight excluding hydrogens is 256 g/mol. The van der Waals surface area contributed by atoms with Gasteiger partial charge in [-0.25, -0.2) is 0 Å². The third-order valence-electron chi connectivity index (χ3n) is 2.63. The fourth-order valence-electron chi connectivity index (χ4n) is 1.43. The van der Waals surface area contributed by atoms with Crippen LogP contribution in [-0.2, 0) is 0 Å². The molecule has 1 atom stereocenters. The SMILES string of the molecule is CSCC(C)N(C)C(=O)c1ccc(Cl)c(N)c1. The van der Waals surface area contributed by atoms with Crippen molar-refractivity contribution in [3.63, 3.8) is 0 Å². The molecule has 0 saturated carbocycles. The first-order valence-corrected chi connectivity index (χ1v) is 7.05. The molecule has 0 spiro atoms. The van der Waals surface area contributed by atoms with E-state index in [1.165, 1.54) is 0 Å². The molecule has 1 aromatic rings. The van der Waals surface area contributed by atoms with Gasteiger partial charge in [0.15, 0.2) is 0 Å². The minimum absolute atomic E-state index is 0.0325. The van der Waals surface area contributed by atoms with Gasteiger partial charge in [-0.05, 0) is 31.4 Å². The first-order chi connectivity index (χ1) is 7.97. The van der Waals surface area contributed by atoms with Crippen LogP contribution < -0.4 is 5.73 Å². The summed E-state index contributed by atoms with van der Waals surface area (Å²) in [6.07, 6.45) is 2.02.